The Morgan fingerprint density at radius 2 is 2.11 bits per heavy atom. The molecule has 1 atom stereocenters. The molecule has 18 heavy (non-hydrogen) atoms. The lowest BCUT2D eigenvalue weighted by Gasteiger charge is -2.12. The second kappa shape index (κ2) is 6.33. The van der Waals surface area contributed by atoms with Gasteiger partial charge in [-0.15, -0.1) is 0 Å². The topological polar surface area (TPSA) is 145 Å². The number of carboxylic acids is 2. The number of carbonyl (C=O) groups excluding carboxylic acids is 1. The van der Waals surface area contributed by atoms with Crippen molar-refractivity contribution in [1.29, 1.82) is 0 Å². The highest BCUT2D eigenvalue weighted by Gasteiger charge is 2.21. The maximum atomic E-state index is 11.5. The van der Waals surface area contributed by atoms with Crippen LogP contribution in [0, 0.1) is 0 Å². The number of aromatic nitrogens is 3. The van der Waals surface area contributed by atoms with E-state index in [0.29, 0.717) is 0 Å². The van der Waals surface area contributed by atoms with Crippen LogP contribution in [0.15, 0.2) is 6.20 Å². The van der Waals surface area contributed by atoms with Crippen LogP contribution in [-0.4, -0.2) is 49.5 Å². The van der Waals surface area contributed by atoms with Crippen LogP contribution in [-0.2, 0) is 9.59 Å². The number of aromatic amines is 1. The molecule has 0 fully saturated rings. The Balaban J connectivity index is 2.50. The molecule has 0 unspecified atom stereocenters. The van der Waals surface area contributed by atoms with E-state index in [2.05, 4.69) is 20.7 Å². The smallest absolute Gasteiger partial charge is 0.326 e. The molecule has 0 bridgehead atoms. The average molecular weight is 256 g/mol. The number of rotatable bonds is 7. The van der Waals surface area contributed by atoms with Gasteiger partial charge in [-0.2, -0.15) is 15.4 Å². The van der Waals surface area contributed by atoms with E-state index in [9.17, 15) is 14.4 Å². The summed E-state index contributed by atoms with van der Waals surface area (Å²) < 4.78 is 0. The third kappa shape index (κ3) is 4.20. The van der Waals surface area contributed by atoms with Gasteiger partial charge >= 0.3 is 11.9 Å². The van der Waals surface area contributed by atoms with Gasteiger partial charge in [0.05, 0.1) is 6.20 Å². The van der Waals surface area contributed by atoms with Crippen LogP contribution in [0.5, 0.6) is 0 Å². The van der Waals surface area contributed by atoms with Crippen molar-refractivity contribution in [3.8, 4) is 0 Å². The van der Waals surface area contributed by atoms with Crippen molar-refractivity contribution < 1.29 is 24.6 Å². The second-order valence-electron chi connectivity index (χ2n) is 3.51. The number of carboxylic acid groups (broad SMARTS) is 2. The highest BCUT2D eigenvalue weighted by atomic mass is 16.4. The predicted octanol–water partition coefficient (Wildman–Crippen LogP) is -0.757. The molecule has 0 aliphatic rings. The first-order valence-corrected chi connectivity index (χ1v) is 5.12. The maximum absolute atomic E-state index is 11.5. The number of hydrogen-bond donors (Lipinski definition) is 4. The minimum absolute atomic E-state index is 0.0283. The molecule has 1 heterocycles. The molecule has 4 N–H and O–H groups in total. The minimum Gasteiger partial charge on any atom is -0.481 e. The van der Waals surface area contributed by atoms with Crippen LogP contribution in [0.1, 0.15) is 29.8 Å². The Hall–Kier alpha value is -2.45. The first-order valence-electron chi connectivity index (χ1n) is 5.12. The van der Waals surface area contributed by atoms with Crippen molar-refractivity contribution in [2.24, 2.45) is 0 Å². The molecule has 0 aliphatic heterocycles. The van der Waals surface area contributed by atoms with Gasteiger partial charge < -0.3 is 15.5 Å². The Morgan fingerprint density at radius 1 is 1.39 bits per heavy atom. The van der Waals surface area contributed by atoms with Crippen LogP contribution < -0.4 is 5.32 Å². The Bertz CT molecular complexity index is 430. The summed E-state index contributed by atoms with van der Waals surface area (Å²) in [7, 11) is 0. The molecule has 9 nitrogen and oxygen atoms in total. The molecule has 1 aromatic heterocycles. The summed E-state index contributed by atoms with van der Waals surface area (Å²) in [5, 5.41) is 28.7. The number of amides is 1. The van der Waals surface area contributed by atoms with Gasteiger partial charge in [-0.25, -0.2) is 4.79 Å². The van der Waals surface area contributed by atoms with Crippen LogP contribution in [0.4, 0.5) is 0 Å². The molecule has 0 aromatic carbocycles. The third-order valence-electron chi connectivity index (χ3n) is 2.13. The Labute approximate surface area is 101 Å². The molecule has 1 aromatic rings. The molecule has 0 spiro atoms. The van der Waals surface area contributed by atoms with Gasteiger partial charge in [0, 0.05) is 6.42 Å². The van der Waals surface area contributed by atoms with E-state index in [1.165, 1.54) is 0 Å². The maximum Gasteiger partial charge on any atom is 0.326 e. The van der Waals surface area contributed by atoms with Gasteiger partial charge in [-0.1, -0.05) is 0 Å². The van der Waals surface area contributed by atoms with Gasteiger partial charge in [0.2, 0.25) is 0 Å². The standard InChI is InChI=1S/C9H12N4O5/c14-7(15)3-1-2-5(9(17)18)11-8(16)6-4-10-13-12-6/h4-5H,1-3H2,(H,11,16)(H,14,15)(H,17,18)(H,10,12,13)/t5-/m1/s1. The van der Waals surface area contributed by atoms with E-state index in [0.717, 1.165) is 6.20 Å². The SMILES string of the molecule is O=C(O)CCC[C@@H](NC(=O)c1cn[nH]n1)C(=O)O. The third-order valence-corrected chi connectivity index (χ3v) is 2.13. The quantitative estimate of drug-likeness (QED) is 0.501. The number of aliphatic carboxylic acids is 2. The lowest BCUT2D eigenvalue weighted by Crippen LogP contribution is -2.41. The summed E-state index contributed by atoms with van der Waals surface area (Å²) in [6.45, 7) is 0. The zero-order valence-corrected chi connectivity index (χ0v) is 9.29. The summed E-state index contributed by atoms with van der Waals surface area (Å²) >= 11 is 0. The largest absolute Gasteiger partial charge is 0.481 e. The lowest BCUT2D eigenvalue weighted by atomic mass is 10.1. The summed E-state index contributed by atoms with van der Waals surface area (Å²) in [4.78, 5) is 32.7. The first kappa shape index (κ1) is 13.6. The van der Waals surface area contributed by atoms with Crippen LogP contribution >= 0.6 is 0 Å². The monoisotopic (exact) mass is 256 g/mol. The van der Waals surface area contributed by atoms with E-state index in [1.807, 2.05) is 0 Å². The van der Waals surface area contributed by atoms with E-state index in [4.69, 9.17) is 10.2 Å². The van der Waals surface area contributed by atoms with E-state index < -0.39 is 23.9 Å². The Morgan fingerprint density at radius 3 is 2.61 bits per heavy atom. The van der Waals surface area contributed by atoms with Crippen LogP contribution in [0.2, 0.25) is 0 Å². The lowest BCUT2D eigenvalue weighted by molar-refractivity contribution is -0.140. The second-order valence-corrected chi connectivity index (χ2v) is 3.51. The summed E-state index contributed by atoms with van der Waals surface area (Å²) in [5.74, 6) is -2.91. The molecular weight excluding hydrogens is 244 g/mol. The fraction of sp³-hybridized carbons (Fsp3) is 0.444. The van der Waals surface area contributed by atoms with Crippen LogP contribution in [0.3, 0.4) is 0 Å². The zero-order valence-electron chi connectivity index (χ0n) is 9.29. The predicted molar refractivity (Wildman–Crippen MR) is 56.8 cm³/mol. The molecule has 98 valence electrons. The fourth-order valence-electron chi connectivity index (χ4n) is 1.26. The highest BCUT2D eigenvalue weighted by Crippen LogP contribution is 2.03. The number of H-pyrrole nitrogens is 1. The molecule has 1 amide bonds. The molecule has 0 saturated heterocycles. The highest BCUT2D eigenvalue weighted by molar-refractivity contribution is 5.94. The van der Waals surface area contributed by atoms with Gasteiger partial charge in [0.15, 0.2) is 5.69 Å². The van der Waals surface area contributed by atoms with Crippen molar-refractivity contribution >= 4 is 17.8 Å². The molecule has 1 rings (SSSR count). The summed E-state index contributed by atoms with van der Waals surface area (Å²) in [6, 6.07) is -1.14. The van der Waals surface area contributed by atoms with Crippen molar-refractivity contribution in [2.75, 3.05) is 0 Å². The average Bonchev–Trinajstić information content (AvgIpc) is 2.80. The van der Waals surface area contributed by atoms with Crippen molar-refractivity contribution in [3.05, 3.63) is 11.9 Å². The van der Waals surface area contributed by atoms with Crippen molar-refractivity contribution in [2.45, 2.75) is 25.3 Å². The fourth-order valence-corrected chi connectivity index (χ4v) is 1.26. The van der Waals surface area contributed by atoms with Gasteiger partial charge in [0.25, 0.3) is 5.91 Å². The molecule has 9 heteroatoms. The van der Waals surface area contributed by atoms with E-state index in [-0.39, 0.29) is 25.0 Å². The Kier molecular flexibility index (Phi) is 4.78. The van der Waals surface area contributed by atoms with Crippen molar-refractivity contribution in [3.63, 3.8) is 0 Å². The van der Waals surface area contributed by atoms with E-state index in [1.54, 1.807) is 0 Å². The zero-order chi connectivity index (χ0) is 13.5. The summed E-state index contributed by atoms with van der Waals surface area (Å²) in [6.07, 6.45) is 1.20. The normalized spacial score (nSPS) is 11.8. The van der Waals surface area contributed by atoms with Crippen LogP contribution in [0.25, 0.3) is 0 Å². The summed E-state index contributed by atoms with van der Waals surface area (Å²) in [5.41, 5.74) is -0.0283. The molecule has 0 aliphatic carbocycles. The van der Waals surface area contributed by atoms with Gasteiger partial charge in [-0.05, 0) is 12.8 Å². The van der Waals surface area contributed by atoms with Crippen molar-refractivity contribution in [1.82, 2.24) is 20.7 Å². The molecule has 0 saturated carbocycles. The molecule has 0 radical (unpaired) electrons. The number of hydrogen-bond acceptors (Lipinski definition) is 5. The van der Waals surface area contributed by atoms with Gasteiger partial charge in [-0.3, -0.25) is 9.59 Å². The van der Waals surface area contributed by atoms with E-state index >= 15 is 0 Å². The first-order chi connectivity index (χ1) is 8.50. The molecular formula is C9H12N4O5. The number of nitrogens with zero attached hydrogens (tertiary/aromatic N) is 2. The number of carbonyl (C=O) groups is 3. The van der Waals surface area contributed by atoms with Gasteiger partial charge in [0.1, 0.15) is 6.04 Å². The minimum atomic E-state index is -1.22. The number of nitrogens with one attached hydrogen (secondary N) is 2.